The normalized spacial score (nSPS) is 9.53. The Morgan fingerprint density at radius 1 is 1.24 bits per heavy atom. The first-order chi connectivity index (χ1) is 8.26. The molecule has 0 radical (unpaired) electrons. The lowest BCUT2D eigenvalue weighted by atomic mass is 10.1. The van der Waals surface area contributed by atoms with Crippen LogP contribution in [0.25, 0.3) is 0 Å². The van der Waals surface area contributed by atoms with Crippen molar-refractivity contribution in [3.05, 3.63) is 17.7 Å². The van der Waals surface area contributed by atoms with E-state index in [1.165, 1.54) is 0 Å². The minimum atomic E-state index is 0.170. The van der Waals surface area contributed by atoms with Crippen molar-refractivity contribution in [2.24, 2.45) is 5.73 Å². The highest BCUT2D eigenvalue weighted by Crippen LogP contribution is 2.38. The van der Waals surface area contributed by atoms with E-state index < -0.39 is 0 Å². The van der Waals surface area contributed by atoms with Crippen LogP contribution in [0.5, 0.6) is 17.2 Å². The van der Waals surface area contributed by atoms with Gasteiger partial charge in [-0.05, 0) is 30.7 Å². The zero-order chi connectivity index (χ0) is 12.7. The minimum Gasteiger partial charge on any atom is -0.493 e. The monoisotopic (exact) mass is 235 g/mol. The minimum absolute atomic E-state index is 0.170. The lowest BCUT2D eigenvalue weighted by molar-refractivity contribution is 0.304. The van der Waals surface area contributed by atoms with Crippen LogP contribution in [0.2, 0.25) is 0 Å². The molecule has 0 saturated carbocycles. The van der Waals surface area contributed by atoms with Crippen LogP contribution in [0.4, 0.5) is 0 Å². The van der Waals surface area contributed by atoms with E-state index in [0.29, 0.717) is 23.8 Å². The Hall–Kier alpha value is -1.86. The number of rotatable bonds is 6. The third-order valence-corrected chi connectivity index (χ3v) is 2.25. The molecule has 92 valence electrons. The van der Waals surface area contributed by atoms with Gasteiger partial charge in [-0.1, -0.05) is 5.92 Å². The SMILES string of the molecule is C#CCOc1c(OC)cc(CCN)cc1OC. The number of ether oxygens (including phenoxy) is 3. The van der Waals surface area contributed by atoms with Gasteiger partial charge in [-0.15, -0.1) is 6.42 Å². The highest BCUT2D eigenvalue weighted by Gasteiger charge is 2.13. The number of terminal acetylenes is 1. The van der Waals surface area contributed by atoms with Gasteiger partial charge in [-0.2, -0.15) is 0 Å². The molecule has 0 aromatic heterocycles. The van der Waals surface area contributed by atoms with Crippen molar-refractivity contribution < 1.29 is 14.2 Å². The molecule has 0 aliphatic carbocycles. The Morgan fingerprint density at radius 3 is 2.24 bits per heavy atom. The third kappa shape index (κ3) is 3.30. The van der Waals surface area contributed by atoms with Crippen molar-refractivity contribution in [2.45, 2.75) is 6.42 Å². The van der Waals surface area contributed by atoms with Gasteiger partial charge >= 0.3 is 0 Å². The van der Waals surface area contributed by atoms with Gasteiger partial charge in [0, 0.05) is 0 Å². The fourth-order valence-electron chi connectivity index (χ4n) is 1.50. The summed E-state index contributed by atoms with van der Waals surface area (Å²) >= 11 is 0. The van der Waals surface area contributed by atoms with E-state index in [0.717, 1.165) is 12.0 Å². The molecule has 0 saturated heterocycles. The van der Waals surface area contributed by atoms with Gasteiger partial charge in [0.2, 0.25) is 5.75 Å². The average molecular weight is 235 g/mol. The third-order valence-electron chi connectivity index (χ3n) is 2.25. The molecule has 4 heteroatoms. The van der Waals surface area contributed by atoms with Crippen molar-refractivity contribution in [2.75, 3.05) is 27.4 Å². The van der Waals surface area contributed by atoms with Crippen LogP contribution >= 0.6 is 0 Å². The van der Waals surface area contributed by atoms with E-state index >= 15 is 0 Å². The fraction of sp³-hybridized carbons (Fsp3) is 0.385. The maximum Gasteiger partial charge on any atom is 0.204 e. The topological polar surface area (TPSA) is 53.7 Å². The largest absolute Gasteiger partial charge is 0.493 e. The van der Waals surface area contributed by atoms with E-state index in [1.54, 1.807) is 14.2 Å². The van der Waals surface area contributed by atoms with Crippen molar-refractivity contribution in [3.8, 4) is 29.6 Å². The molecule has 0 spiro atoms. The summed E-state index contributed by atoms with van der Waals surface area (Å²) in [5, 5.41) is 0. The Balaban J connectivity index is 3.12. The van der Waals surface area contributed by atoms with Gasteiger partial charge < -0.3 is 19.9 Å². The average Bonchev–Trinajstić information content (AvgIpc) is 2.36. The predicted octanol–water partition coefficient (Wildman–Crippen LogP) is 1.22. The highest BCUT2D eigenvalue weighted by atomic mass is 16.5. The summed E-state index contributed by atoms with van der Waals surface area (Å²) in [5.41, 5.74) is 6.56. The lowest BCUT2D eigenvalue weighted by Gasteiger charge is -2.14. The van der Waals surface area contributed by atoms with Crippen molar-refractivity contribution >= 4 is 0 Å². The van der Waals surface area contributed by atoms with E-state index in [4.69, 9.17) is 26.4 Å². The molecule has 2 N–H and O–H groups in total. The molecule has 0 atom stereocenters. The molecule has 4 nitrogen and oxygen atoms in total. The number of hydrogen-bond donors (Lipinski definition) is 1. The molecule has 0 unspecified atom stereocenters. The molecule has 1 aromatic carbocycles. The smallest absolute Gasteiger partial charge is 0.204 e. The molecular formula is C13H17NO3. The van der Waals surface area contributed by atoms with E-state index in [1.807, 2.05) is 12.1 Å². The summed E-state index contributed by atoms with van der Waals surface area (Å²) < 4.78 is 15.9. The fourth-order valence-corrected chi connectivity index (χ4v) is 1.50. The second kappa shape index (κ2) is 6.66. The highest BCUT2D eigenvalue weighted by molar-refractivity contribution is 5.54. The number of methoxy groups -OCH3 is 2. The number of nitrogens with two attached hydrogens (primary N) is 1. The lowest BCUT2D eigenvalue weighted by Crippen LogP contribution is -2.05. The van der Waals surface area contributed by atoms with Crippen LogP contribution < -0.4 is 19.9 Å². The van der Waals surface area contributed by atoms with E-state index in [2.05, 4.69) is 5.92 Å². The molecule has 1 rings (SSSR count). The van der Waals surface area contributed by atoms with Crippen molar-refractivity contribution in [1.82, 2.24) is 0 Å². The Kier molecular flexibility index (Phi) is 5.18. The standard InChI is InChI=1S/C13H17NO3/c1-4-7-17-13-11(15-2)8-10(5-6-14)9-12(13)16-3/h1,8-9H,5-7,14H2,2-3H3. The second-order valence-corrected chi connectivity index (χ2v) is 3.36. The molecule has 0 heterocycles. The van der Waals surface area contributed by atoms with Crippen LogP contribution in [-0.4, -0.2) is 27.4 Å². The van der Waals surface area contributed by atoms with Gasteiger partial charge in [0.15, 0.2) is 11.5 Å². The maximum atomic E-state index is 5.52. The Bertz CT molecular complexity index is 385. The van der Waals surface area contributed by atoms with Crippen LogP contribution in [0.1, 0.15) is 5.56 Å². The van der Waals surface area contributed by atoms with Gasteiger partial charge in [-0.3, -0.25) is 0 Å². The van der Waals surface area contributed by atoms with E-state index in [-0.39, 0.29) is 6.61 Å². The first-order valence-corrected chi connectivity index (χ1v) is 5.28. The van der Waals surface area contributed by atoms with Crippen molar-refractivity contribution in [3.63, 3.8) is 0 Å². The molecule has 0 aliphatic heterocycles. The van der Waals surface area contributed by atoms with Gasteiger partial charge in [0.25, 0.3) is 0 Å². The zero-order valence-corrected chi connectivity index (χ0v) is 10.2. The van der Waals surface area contributed by atoms with Crippen LogP contribution in [-0.2, 0) is 6.42 Å². The molecule has 0 bridgehead atoms. The molecule has 17 heavy (non-hydrogen) atoms. The number of benzene rings is 1. The quantitative estimate of drug-likeness (QED) is 0.753. The summed E-state index contributed by atoms with van der Waals surface area (Å²) in [6.45, 7) is 0.736. The summed E-state index contributed by atoms with van der Waals surface area (Å²) in [5.74, 6) is 4.13. The summed E-state index contributed by atoms with van der Waals surface area (Å²) in [6.07, 6.45) is 5.92. The Labute approximate surface area is 102 Å². The van der Waals surface area contributed by atoms with Gasteiger partial charge in [-0.25, -0.2) is 0 Å². The van der Waals surface area contributed by atoms with E-state index in [9.17, 15) is 0 Å². The maximum absolute atomic E-state index is 5.52. The predicted molar refractivity (Wildman–Crippen MR) is 66.6 cm³/mol. The molecule has 0 aliphatic rings. The van der Waals surface area contributed by atoms with Gasteiger partial charge in [0.1, 0.15) is 6.61 Å². The number of hydrogen-bond acceptors (Lipinski definition) is 4. The Morgan fingerprint density at radius 2 is 1.82 bits per heavy atom. The molecule has 0 amide bonds. The van der Waals surface area contributed by atoms with Crippen LogP contribution in [0.15, 0.2) is 12.1 Å². The molecule has 0 fully saturated rings. The second-order valence-electron chi connectivity index (χ2n) is 3.36. The van der Waals surface area contributed by atoms with Gasteiger partial charge in [0.05, 0.1) is 14.2 Å². The zero-order valence-electron chi connectivity index (χ0n) is 10.2. The summed E-state index contributed by atoms with van der Waals surface area (Å²) in [7, 11) is 3.15. The summed E-state index contributed by atoms with van der Waals surface area (Å²) in [6, 6.07) is 3.75. The molecule has 1 aromatic rings. The van der Waals surface area contributed by atoms with Crippen LogP contribution in [0, 0.1) is 12.3 Å². The first-order valence-electron chi connectivity index (χ1n) is 5.28. The molecular weight excluding hydrogens is 218 g/mol. The van der Waals surface area contributed by atoms with Crippen LogP contribution in [0.3, 0.4) is 0 Å². The summed E-state index contributed by atoms with van der Waals surface area (Å²) in [4.78, 5) is 0. The van der Waals surface area contributed by atoms with Crippen molar-refractivity contribution in [1.29, 1.82) is 0 Å². The first kappa shape index (κ1) is 13.2.